The van der Waals surface area contributed by atoms with Crippen LogP contribution in [-0.4, -0.2) is 30.8 Å². The lowest BCUT2D eigenvalue weighted by molar-refractivity contribution is 0.619. The van der Waals surface area contributed by atoms with Gasteiger partial charge in [0.25, 0.3) is 0 Å². The average Bonchev–Trinajstić information content (AvgIpc) is 2.71. The van der Waals surface area contributed by atoms with E-state index in [1.54, 1.807) is 0 Å². The van der Waals surface area contributed by atoms with Crippen molar-refractivity contribution in [3.63, 3.8) is 0 Å². The molecule has 4 heteroatoms. The van der Waals surface area contributed by atoms with Gasteiger partial charge in [0.1, 0.15) is 5.84 Å². The summed E-state index contributed by atoms with van der Waals surface area (Å²) in [5.74, 6) is 3.25. The molecule has 0 unspecified atom stereocenters. The molecule has 186 valence electrons. The van der Waals surface area contributed by atoms with E-state index in [1.165, 1.54) is 22.3 Å². The Kier molecular flexibility index (Phi) is 10.3. The van der Waals surface area contributed by atoms with Gasteiger partial charge in [-0.2, -0.15) is 0 Å². The summed E-state index contributed by atoms with van der Waals surface area (Å²) < 4.78 is 0. The molecule has 0 radical (unpaired) electrons. The molecule has 4 nitrogen and oxygen atoms in total. The molecule has 0 atom stereocenters. The van der Waals surface area contributed by atoms with Crippen LogP contribution in [0.5, 0.6) is 0 Å². The van der Waals surface area contributed by atoms with Gasteiger partial charge in [-0.3, -0.25) is 0 Å². The second-order valence-corrected chi connectivity index (χ2v) is 10.9. The Morgan fingerprint density at radius 2 is 1.26 bits per heavy atom. The highest BCUT2D eigenvalue weighted by atomic mass is 15.2. The lowest BCUT2D eigenvalue weighted by atomic mass is 9.94. The van der Waals surface area contributed by atoms with Crippen molar-refractivity contribution in [3.05, 3.63) is 58.7 Å². The van der Waals surface area contributed by atoms with Gasteiger partial charge in [0, 0.05) is 19.8 Å². The second-order valence-electron chi connectivity index (χ2n) is 10.9. The van der Waals surface area contributed by atoms with Crippen molar-refractivity contribution in [3.8, 4) is 0 Å². The first-order chi connectivity index (χ1) is 16.0. The third kappa shape index (κ3) is 8.30. The molecule has 0 bridgehead atoms. The molecule has 0 heterocycles. The van der Waals surface area contributed by atoms with E-state index in [4.69, 9.17) is 9.98 Å². The molecule has 0 saturated carbocycles. The maximum absolute atomic E-state index is 5.16. The highest BCUT2D eigenvalue weighted by Crippen LogP contribution is 2.29. The minimum Gasteiger partial charge on any atom is -0.366 e. The zero-order valence-electron chi connectivity index (χ0n) is 23.2. The molecule has 0 aliphatic heterocycles. The molecule has 2 aromatic carbocycles. The van der Waals surface area contributed by atoms with Crippen LogP contribution >= 0.6 is 0 Å². The van der Waals surface area contributed by atoms with Gasteiger partial charge in [0.15, 0.2) is 0 Å². The topological polar surface area (TPSA) is 40.0 Å². The van der Waals surface area contributed by atoms with Crippen LogP contribution in [-0.2, 0) is 19.3 Å². The molecule has 0 amide bonds. The summed E-state index contributed by atoms with van der Waals surface area (Å²) in [6.45, 7) is 17.8. The Morgan fingerprint density at radius 3 is 1.76 bits per heavy atom. The fraction of sp³-hybridized carbons (Fsp3) is 0.533. The predicted molar refractivity (Wildman–Crippen MR) is 151 cm³/mol. The van der Waals surface area contributed by atoms with Crippen molar-refractivity contribution in [1.82, 2.24) is 4.90 Å². The fourth-order valence-electron chi connectivity index (χ4n) is 4.07. The summed E-state index contributed by atoms with van der Waals surface area (Å²) in [4.78, 5) is 12.1. The number of amidine groups is 1. The number of para-hydroxylation sites is 2. The van der Waals surface area contributed by atoms with Crippen molar-refractivity contribution in [2.24, 2.45) is 27.7 Å². The number of guanidine groups is 1. The van der Waals surface area contributed by atoms with Gasteiger partial charge in [0.2, 0.25) is 5.96 Å². The van der Waals surface area contributed by atoms with E-state index >= 15 is 0 Å². The summed E-state index contributed by atoms with van der Waals surface area (Å²) in [6, 6.07) is 13.1. The molecular formula is C30H46N4. The van der Waals surface area contributed by atoms with Crippen LogP contribution in [0, 0.1) is 24.7 Å². The monoisotopic (exact) mass is 462 g/mol. The number of nitrogens with one attached hydrogen (secondary N) is 1. The lowest BCUT2D eigenvalue weighted by Crippen LogP contribution is -2.23. The Morgan fingerprint density at radius 1 is 0.794 bits per heavy atom. The Bertz CT molecular complexity index is 969. The van der Waals surface area contributed by atoms with Crippen molar-refractivity contribution in [1.29, 1.82) is 0 Å². The van der Waals surface area contributed by atoms with Crippen LogP contribution in [0.4, 0.5) is 11.4 Å². The van der Waals surface area contributed by atoms with Gasteiger partial charge in [-0.15, -0.1) is 0 Å². The SMILES string of the molecule is CC(=NC(=Nc1c(C)cccc1CC(C)C)Nc1c(CC(C)C)cccc1CC(C)C)N(C)C. The van der Waals surface area contributed by atoms with E-state index in [-0.39, 0.29) is 0 Å². The van der Waals surface area contributed by atoms with Crippen molar-refractivity contribution in [2.75, 3.05) is 19.4 Å². The van der Waals surface area contributed by atoms with Crippen molar-refractivity contribution in [2.45, 2.75) is 74.7 Å². The van der Waals surface area contributed by atoms with E-state index in [0.29, 0.717) is 23.7 Å². The zero-order chi connectivity index (χ0) is 25.4. The number of aryl methyl sites for hydroxylation is 1. The van der Waals surface area contributed by atoms with Crippen LogP contribution in [0.3, 0.4) is 0 Å². The zero-order valence-corrected chi connectivity index (χ0v) is 23.2. The quantitative estimate of drug-likeness (QED) is 0.323. The number of nitrogens with zero attached hydrogens (tertiary/aromatic N) is 3. The molecule has 0 aromatic heterocycles. The predicted octanol–water partition coefficient (Wildman–Crippen LogP) is 7.67. The summed E-state index contributed by atoms with van der Waals surface area (Å²) in [6.07, 6.45) is 3.02. The maximum Gasteiger partial charge on any atom is 0.229 e. The van der Waals surface area contributed by atoms with Gasteiger partial charge in [-0.25, -0.2) is 9.98 Å². The normalized spacial score (nSPS) is 12.7. The van der Waals surface area contributed by atoms with Gasteiger partial charge in [-0.05, 0) is 73.1 Å². The standard InChI is InChI=1S/C30H46N4/c1-20(2)17-25-14-11-13-23(7)28(25)32-30(31-24(8)34(9)10)33-29-26(18-21(3)4)15-12-16-27(29)19-22(5)6/h11-16,20-22H,17-19H2,1-10H3,(H,32,33). The molecule has 0 spiro atoms. The van der Waals surface area contributed by atoms with Crippen LogP contribution in [0.2, 0.25) is 0 Å². The fourth-order valence-corrected chi connectivity index (χ4v) is 4.07. The summed E-state index contributed by atoms with van der Waals surface area (Å²) >= 11 is 0. The van der Waals surface area contributed by atoms with E-state index < -0.39 is 0 Å². The Balaban J connectivity index is 2.69. The van der Waals surface area contributed by atoms with E-state index in [9.17, 15) is 0 Å². The number of hydrogen-bond acceptors (Lipinski definition) is 1. The van der Waals surface area contributed by atoms with Crippen LogP contribution in [0.15, 0.2) is 46.4 Å². The Labute approximate surface area is 208 Å². The molecule has 0 aliphatic rings. The van der Waals surface area contributed by atoms with Crippen molar-refractivity contribution >= 4 is 23.2 Å². The molecule has 0 aliphatic carbocycles. The molecule has 0 fully saturated rings. The number of aliphatic imine (C=N–C) groups is 2. The van der Waals surface area contributed by atoms with Crippen molar-refractivity contribution < 1.29 is 0 Å². The van der Waals surface area contributed by atoms with Gasteiger partial charge in [-0.1, -0.05) is 77.9 Å². The van der Waals surface area contributed by atoms with Gasteiger partial charge in [0.05, 0.1) is 5.69 Å². The first-order valence-electron chi connectivity index (χ1n) is 12.8. The third-order valence-electron chi connectivity index (χ3n) is 5.81. The summed E-state index contributed by atoms with van der Waals surface area (Å²) in [5, 5.41) is 3.70. The molecule has 1 N–H and O–H groups in total. The smallest absolute Gasteiger partial charge is 0.229 e. The molecule has 34 heavy (non-hydrogen) atoms. The van der Waals surface area contributed by atoms with Crippen LogP contribution < -0.4 is 5.32 Å². The number of hydrogen-bond donors (Lipinski definition) is 1. The molecule has 0 saturated heterocycles. The maximum atomic E-state index is 5.16. The van der Waals surface area contributed by atoms with Crippen LogP contribution in [0.25, 0.3) is 0 Å². The summed E-state index contributed by atoms with van der Waals surface area (Å²) in [5.41, 5.74) is 7.29. The van der Waals surface area contributed by atoms with E-state index in [2.05, 4.69) is 90.2 Å². The van der Waals surface area contributed by atoms with Crippen LogP contribution in [0.1, 0.15) is 70.7 Å². The first kappa shape index (κ1) is 27.6. The largest absolute Gasteiger partial charge is 0.366 e. The minimum atomic E-state index is 0.559. The minimum absolute atomic E-state index is 0.559. The number of rotatable bonds is 8. The number of anilines is 1. The van der Waals surface area contributed by atoms with E-state index in [1.807, 2.05) is 25.9 Å². The lowest BCUT2D eigenvalue weighted by Gasteiger charge is -2.20. The number of benzene rings is 2. The van der Waals surface area contributed by atoms with Gasteiger partial charge >= 0.3 is 0 Å². The highest BCUT2D eigenvalue weighted by molar-refractivity contribution is 6.04. The summed E-state index contributed by atoms with van der Waals surface area (Å²) in [7, 11) is 4.04. The second kappa shape index (κ2) is 12.7. The van der Waals surface area contributed by atoms with Gasteiger partial charge < -0.3 is 10.2 Å². The molecular weight excluding hydrogens is 416 g/mol. The third-order valence-corrected chi connectivity index (χ3v) is 5.81. The average molecular weight is 463 g/mol. The molecule has 2 rings (SSSR count). The van der Waals surface area contributed by atoms with E-state index in [0.717, 1.165) is 36.5 Å². The first-order valence-corrected chi connectivity index (χ1v) is 12.8. The Hall–Kier alpha value is -2.62. The highest BCUT2D eigenvalue weighted by Gasteiger charge is 2.15. The molecule has 2 aromatic rings.